The summed E-state index contributed by atoms with van der Waals surface area (Å²) in [5.41, 5.74) is 2.63. The standard InChI is InChI=1S/C20H29N3O2S/c24-19(21-10-8-16-6-2-1-3-7-16)20(25)22-14-18(17-9-13-26-15-17)23-11-4-5-12-23/h6,9,13,15,18H,1-5,7-8,10-12,14H2,(H,21,24)(H,22,25)/t18-/m1/s1. The number of amides is 2. The molecule has 0 unspecified atom stereocenters. The Balaban J connectivity index is 1.43. The largest absolute Gasteiger partial charge is 0.348 e. The minimum atomic E-state index is -0.526. The molecule has 26 heavy (non-hydrogen) atoms. The first-order valence-electron chi connectivity index (χ1n) is 9.74. The topological polar surface area (TPSA) is 61.4 Å². The lowest BCUT2D eigenvalue weighted by Crippen LogP contribution is -2.44. The number of hydrogen-bond acceptors (Lipinski definition) is 4. The van der Waals surface area contributed by atoms with Gasteiger partial charge in [0, 0.05) is 13.1 Å². The van der Waals surface area contributed by atoms with Gasteiger partial charge in [-0.1, -0.05) is 11.6 Å². The number of allylic oxidation sites excluding steroid dienone is 1. The lowest BCUT2D eigenvalue weighted by atomic mass is 9.97. The lowest BCUT2D eigenvalue weighted by Gasteiger charge is -2.27. The molecule has 1 aliphatic carbocycles. The zero-order valence-electron chi connectivity index (χ0n) is 15.3. The highest BCUT2D eigenvalue weighted by Crippen LogP contribution is 2.26. The van der Waals surface area contributed by atoms with Crippen molar-refractivity contribution < 1.29 is 9.59 Å². The molecule has 0 spiro atoms. The highest BCUT2D eigenvalue weighted by atomic mass is 32.1. The third kappa shape index (κ3) is 5.42. The van der Waals surface area contributed by atoms with Crippen LogP contribution in [0.25, 0.3) is 0 Å². The molecule has 2 N–H and O–H groups in total. The maximum atomic E-state index is 12.2. The molecule has 1 aliphatic heterocycles. The Morgan fingerprint density at radius 2 is 1.92 bits per heavy atom. The quantitative estimate of drug-likeness (QED) is 0.569. The molecule has 1 fully saturated rings. The highest BCUT2D eigenvalue weighted by molar-refractivity contribution is 7.07. The van der Waals surface area contributed by atoms with Gasteiger partial charge in [0.05, 0.1) is 6.04 Å². The summed E-state index contributed by atoms with van der Waals surface area (Å²) in [5.74, 6) is -1.05. The van der Waals surface area contributed by atoms with E-state index in [1.54, 1.807) is 11.3 Å². The summed E-state index contributed by atoms with van der Waals surface area (Å²) in [6.45, 7) is 3.13. The Hall–Kier alpha value is -1.66. The van der Waals surface area contributed by atoms with Crippen LogP contribution < -0.4 is 10.6 Å². The minimum Gasteiger partial charge on any atom is -0.348 e. The second kappa shape index (κ2) is 9.88. The van der Waals surface area contributed by atoms with Crippen LogP contribution >= 0.6 is 11.3 Å². The number of thiophene rings is 1. The molecule has 1 aromatic rings. The second-order valence-electron chi connectivity index (χ2n) is 7.14. The summed E-state index contributed by atoms with van der Waals surface area (Å²) in [5, 5.41) is 9.78. The molecule has 0 aromatic carbocycles. The predicted molar refractivity (Wildman–Crippen MR) is 105 cm³/mol. The number of rotatable bonds is 7. The molecule has 2 aliphatic rings. The number of nitrogens with zero attached hydrogens (tertiary/aromatic N) is 1. The highest BCUT2D eigenvalue weighted by Gasteiger charge is 2.25. The summed E-state index contributed by atoms with van der Waals surface area (Å²) in [6.07, 6.45) is 10.3. The predicted octanol–water partition coefficient (Wildman–Crippen LogP) is 3.01. The first-order chi connectivity index (χ1) is 12.7. The van der Waals surface area contributed by atoms with Gasteiger partial charge in [-0.15, -0.1) is 0 Å². The van der Waals surface area contributed by atoms with E-state index < -0.39 is 11.8 Å². The van der Waals surface area contributed by atoms with E-state index in [2.05, 4.69) is 38.4 Å². The summed E-state index contributed by atoms with van der Waals surface area (Å²) in [4.78, 5) is 26.6. The SMILES string of the molecule is O=C(NCCC1=CCCCC1)C(=O)NC[C@H](c1ccsc1)N1CCCC1. The van der Waals surface area contributed by atoms with Gasteiger partial charge in [-0.05, 0) is 80.4 Å². The molecule has 0 bridgehead atoms. The molecule has 1 atom stereocenters. The van der Waals surface area contributed by atoms with E-state index in [4.69, 9.17) is 0 Å². The summed E-state index contributed by atoms with van der Waals surface area (Å²) in [7, 11) is 0. The van der Waals surface area contributed by atoms with Gasteiger partial charge in [-0.25, -0.2) is 0 Å². The van der Waals surface area contributed by atoms with E-state index in [0.717, 1.165) is 32.4 Å². The van der Waals surface area contributed by atoms with E-state index >= 15 is 0 Å². The molecule has 6 heteroatoms. The third-order valence-electron chi connectivity index (χ3n) is 5.29. The summed E-state index contributed by atoms with van der Waals surface area (Å²) < 4.78 is 0. The van der Waals surface area contributed by atoms with Crippen LogP contribution in [0.3, 0.4) is 0 Å². The van der Waals surface area contributed by atoms with E-state index in [0.29, 0.717) is 13.1 Å². The molecule has 3 rings (SSSR count). The van der Waals surface area contributed by atoms with E-state index in [9.17, 15) is 9.59 Å². The fourth-order valence-corrected chi connectivity index (χ4v) is 4.50. The van der Waals surface area contributed by atoms with E-state index in [1.165, 1.54) is 36.8 Å². The van der Waals surface area contributed by atoms with Crippen molar-refractivity contribution >= 4 is 23.2 Å². The molecule has 2 amide bonds. The average molecular weight is 376 g/mol. The van der Waals surface area contributed by atoms with Crippen molar-refractivity contribution in [3.8, 4) is 0 Å². The van der Waals surface area contributed by atoms with Gasteiger partial charge >= 0.3 is 11.8 Å². The molecular formula is C20H29N3O2S. The van der Waals surface area contributed by atoms with Crippen LogP contribution in [0.1, 0.15) is 56.6 Å². The summed E-state index contributed by atoms with van der Waals surface area (Å²) in [6, 6.07) is 2.27. The maximum Gasteiger partial charge on any atom is 0.309 e. The Morgan fingerprint density at radius 1 is 1.12 bits per heavy atom. The Bertz CT molecular complexity index is 621. The molecular weight excluding hydrogens is 346 g/mol. The summed E-state index contributed by atoms with van der Waals surface area (Å²) >= 11 is 1.67. The molecule has 1 saturated heterocycles. The normalized spacial score (nSPS) is 19.0. The number of likely N-dealkylation sites (tertiary alicyclic amines) is 1. The second-order valence-corrected chi connectivity index (χ2v) is 7.92. The van der Waals surface area contributed by atoms with E-state index in [-0.39, 0.29) is 6.04 Å². The van der Waals surface area contributed by atoms with Crippen LogP contribution in [-0.4, -0.2) is 42.9 Å². The molecule has 5 nitrogen and oxygen atoms in total. The van der Waals surface area contributed by atoms with Crippen LogP contribution in [0.15, 0.2) is 28.5 Å². The van der Waals surface area contributed by atoms with Crippen molar-refractivity contribution in [2.24, 2.45) is 0 Å². The fraction of sp³-hybridized carbons (Fsp3) is 0.600. The molecule has 2 heterocycles. The van der Waals surface area contributed by atoms with Gasteiger partial charge in [-0.2, -0.15) is 11.3 Å². The minimum absolute atomic E-state index is 0.160. The van der Waals surface area contributed by atoms with Crippen LogP contribution in [0, 0.1) is 0 Å². The van der Waals surface area contributed by atoms with Crippen molar-refractivity contribution in [1.82, 2.24) is 15.5 Å². The Morgan fingerprint density at radius 3 is 2.62 bits per heavy atom. The average Bonchev–Trinajstić information content (AvgIpc) is 3.37. The van der Waals surface area contributed by atoms with Crippen LogP contribution in [0.4, 0.5) is 0 Å². The molecule has 1 aromatic heterocycles. The van der Waals surface area contributed by atoms with Crippen molar-refractivity contribution in [2.45, 2.75) is 51.0 Å². The first-order valence-corrected chi connectivity index (χ1v) is 10.7. The third-order valence-corrected chi connectivity index (χ3v) is 5.99. The van der Waals surface area contributed by atoms with Crippen LogP contribution in [-0.2, 0) is 9.59 Å². The van der Waals surface area contributed by atoms with Gasteiger partial charge in [0.15, 0.2) is 0 Å². The number of hydrogen-bond donors (Lipinski definition) is 2. The number of carbonyl (C=O) groups is 2. The fourth-order valence-electron chi connectivity index (χ4n) is 3.79. The van der Waals surface area contributed by atoms with Crippen molar-refractivity contribution in [2.75, 3.05) is 26.2 Å². The number of carbonyl (C=O) groups excluding carboxylic acids is 2. The molecule has 0 saturated carbocycles. The lowest BCUT2D eigenvalue weighted by molar-refractivity contribution is -0.139. The maximum absolute atomic E-state index is 12.2. The number of nitrogens with one attached hydrogen (secondary N) is 2. The van der Waals surface area contributed by atoms with E-state index in [1.807, 2.05) is 0 Å². The van der Waals surface area contributed by atoms with Gasteiger partial charge in [0.1, 0.15) is 0 Å². The van der Waals surface area contributed by atoms with Crippen molar-refractivity contribution in [3.63, 3.8) is 0 Å². The zero-order valence-corrected chi connectivity index (χ0v) is 16.2. The van der Waals surface area contributed by atoms with Crippen LogP contribution in [0.2, 0.25) is 0 Å². The van der Waals surface area contributed by atoms with Crippen molar-refractivity contribution in [1.29, 1.82) is 0 Å². The smallest absolute Gasteiger partial charge is 0.309 e. The van der Waals surface area contributed by atoms with Crippen LogP contribution in [0.5, 0.6) is 0 Å². The van der Waals surface area contributed by atoms with Crippen molar-refractivity contribution in [3.05, 3.63) is 34.0 Å². The molecule has 0 radical (unpaired) electrons. The zero-order chi connectivity index (χ0) is 18.2. The van der Waals surface area contributed by atoms with Gasteiger partial charge in [0.2, 0.25) is 0 Å². The van der Waals surface area contributed by atoms with Gasteiger partial charge < -0.3 is 10.6 Å². The van der Waals surface area contributed by atoms with Gasteiger partial charge in [-0.3, -0.25) is 14.5 Å². The first kappa shape index (κ1) is 19.1. The Kier molecular flexibility index (Phi) is 7.26. The molecule has 142 valence electrons. The Labute approximate surface area is 159 Å². The monoisotopic (exact) mass is 375 g/mol. The van der Waals surface area contributed by atoms with Gasteiger partial charge in [0.25, 0.3) is 0 Å².